The summed E-state index contributed by atoms with van der Waals surface area (Å²) in [6.07, 6.45) is -0.167. The van der Waals surface area contributed by atoms with Crippen LogP contribution in [0.15, 0.2) is 30.3 Å². The summed E-state index contributed by atoms with van der Waals surface area (Å²) in [5, 5.41) is 0. The molecule has 0 atom stereocenters. The molecule has 0 radical (unpaired) electrons. The molecule has 0 spiro atoms. The van der Waals surface area contributed by atoms with Gasteiger partial charge in [-0.25, -0.2) is 0 Å². The van der Waals surface area contributed by atoms with E-state index in [2.05, 4.69) is 0 Å². The van der Waals surface area contributed by atoms with E-state index in [0.29, 0.717) is 13.2 Å². The highest BCUT2D eigenvalue weighted by Crippen LogP contribution is 2.28. The zero-order chi connectivity index (χ0) is 10.7. The first-order chi connectivity index (χ1) is 7.18. The number of hydrogen-bond donors (Lipinski definition) is 0. The molecule has 0 unspecified atom stereocenters. The van der Waals surface area contributed by atoms with E-state index in [4.69, 9.17) is 9.47 Å². The summed E-state index contributed by atoms with van der Waals surface area (Å²) in [4.78, 5) is 0. The van der Waals surface area contributed by atoms with Gasteiger partial charge in [-0.05, 0) is 0 Å². The molecule has 1 saturated heterocycles. The van der Waals surface area contributed by atoms with Crippen molar-refractivity contribution in [2.24, 2.45) is 0 Å². The van der Waals surface area contributed by atoms with Crippen LogP contribution in [0.1, 0.15) is 5.56 Å². The van der Waals surface area contributed by atoms with E-state index in [-0.39, 0.29) is 11.7 Å². The van der Waals surface area contributed by atoms with Gasteiger partial charge in [0, 0.05) is 5.56 Å². The van der Waals surface area contributed by atoms with Crippen molar-refractivity contribution >= 4 is 0 Å². The van der Waals surface area contributed by atoms with Crippen LogP contribution in [0.2, 0.25) is 0 Å². The standard InChI is InChI=1S/C11H12F2O2/c12-11(13,8-15-10-6-14-7-10)9-4-2-1-3-5-9/h1-5,10H,6-8H2. The van der Waals surface area contributed by atoms with Crippen molar-refractivity contribution in [2.75, 3.05) is 19.8 Å². The predicted octanol–water partition coefficient (Wildman–Crippen LogP) is 2.19. The Hall–Kier alpha value is -1.00. The lowest BCUT2D eigenvalue weighted by atomic mass is 10.1. The molecule has 82 valence electrons. The summed E-state index contributed by atoms with van der Waals surface area (Å²) in [5.41, 5.74) is -0.00904. The minimum Gasteiger partial charge on any atom is -0.376 e. The van der Waals surface area contributed by atoms with Gasteiger partial charge < -0.3 is 9.47 Å². The van der Waals surface area contributed by atoms with E-state index < -0.39 is 12.5 Å². The highest BCUT2D eigenvalue weighted by Gasteiger charge is 2.34. The molecule has 1 aliphatic rings. The Labute approximate surface area is 86.8 Å². The Morgan fingerprint density at radius 3 is 2.47 bits per heavy atom. The third-order valence-corrected chi connectivity index (χ3v) is 2.30. The van der Waals surface area contributed by atoms with Gasteiger partial charge in [0.25, 0.3) is 5.92 Å². The summed E-state index contributed by atoms with van der Waals surface area (Å²) in [5.74, 6) is -2.92. The van der Waals surface area contributed by atoms with E-state index in [1.807, 2.05) is 0 Å². The Kier molecular flexibility index (Phi) is 2.98. The Bertz CT molecular complexity index is 310. The van der Waals surface area contributed by atoms with Crippen molar-refractivity contribution in [3.05, 3.63) is 35.9 Å². The van der Waals surface area contributed by atoms with Gasteiger partial charge in [0.05, 0.1) is 13.2 Å². The van der Waals surface area contributed by atoms with Crippen LogP contribution in [0.5, 0.6) is 0 Å². The fourth-order valence-electron chi connectivity index (χ4n) is 1.30. The monoisotopic (exact) mass is 214 g/mol. The second-order valence-corrected chi connectivity index (χ2v) is 3.54. The van der Waals surface area contributed by atoms with Crippen molar-refractivity contribution in [3.8, 4) is 0 Å². The molecule has 1 aromatic rings. The molecule has 15 heavy (non-hydrogen) atoms. The van der Waals surface area contributed by atoms with Crippen molar-refractivity contribution < 1.29 is 18.3 Å². The van der Waals surface area contributed by atoms with Gasteiger partial charge in [-0.15, -0.1) is 0 Å². The number of alkyl halides is 2. The van der Waals surface area contributed by atoms with E-state index in [1.165, 1.54) is 12.1 Å². The number of benzene rings is 1. The van der Waals surface area contributed by atoms with Gasteiger partial charge in [-0.2, -0.15) is 8.78 Å². The molecule has 2 rings (SSSR count). The zero-order valence-corrected chi connectivity index (χ0v) is 8.16. The summed E-state index contributed by atoms with van der Waals surface area (Å²) in [7, 11) is 0. The van der Waals surface area contributed by atoms with Gasteiger partial charge in [-0.3, -0.25) is 0 Å². The van der Waals surface area contributed by atoms with Crippen molar-refractivity contribution in [1.29, 1.82) is 0 Å². The maximum atomic E-state index is 13.5. The molecule has 2 nitrogen and oxygen atoms in total. The van der Waals surface area contributed by atoms with Crippen LogP contribution in [-0.4, -0.2) is 25.9 Å². The highest BCUT2D eigenvalue weighted by atomic mass is 19.3. The van der Waals surface area contributed by atoms with Gasteiger partial charge in [0.1, 0.15) is 12.7 Å². The zero-order valence-electron chi connectivity index (χ0n) is 8.16. The van der Waals surface area contributed by atoms with Crippen LogP contribution < -0.4 is 0 Å². The summed E-state index contributed by atoms with van der Waals surface area (Å²) in [6, 6.07) is 7.70. The molecule has 0 saturated carbocycles. The molecule has 1 aromatic carbocycles. The van der Waals surface area contributed by atoms with Crippen LogP contribution in [0.4, 0.5) is 8.78 Å². The number of ether oxygens (including phenoxy) is 2. The van der Waals surface area contributed by atoms with Crippen LogP contribution in [-0.2, 0) is 15.4 Å². The second-order valence-electron chi connectivity index (χ2n) is 3.54. The smallest absolute Gasteiger partial charge is 0.296 e. The van der Waals surface area contributed by atoms with E-state index >= 15 is 0 Å². The van der Waals surface area contributed by atoms with E-state index in [0.717, 1.165) is 0 Å². The quantitative estimate of drug-likeness (QED) is 0.764. The minimum atomic E-state index is -2.92. The summed E-state index contributed by atoms with van der Waals surface area (Å²) >= 11 is 0. The Morgan fingerprint density at radius 1 is 1.27 bits per heavy atom. The van der Waals surface area contributed by atoms with E-state index in [1.54, 1.807) is 18.2 Å². The lowest BCUT2D eigenvalue weighted by Crippen LogP contribution is -2.38. The lowest BCUT2D eigenvalue weighted by molar-refractivity contribution is -0.175. The van der Waals surface area contributed by atoms with Crippen LogP contribution in [0.25, 0.3) is 0 Å². The molecular weight excluding hydrogens is 202 g/mol. The third kappa shape index (κ3) is 2.52. The lowest BCUT2D eigenvalue weighted by Gasteiger charge is -2.28. The average Bonchev–Trinajstić information content (AvgIpc) is 2.16. The third-order valence-electron chi connectivity index (χ3n) is 2.30. The number of halogens is 2. The van der Waals surface area contributed by atoms with Gasteiger partial charge in [0.15, 0.2) is 0 Å². The summed E-state index contributed by atoms with van der Waals surface area (Å²) in [6.45, 7) is 0.265. The van der Waals surface area contributed by atoms with E-state index in [9.17, 15) is 8.78 Å². The van der Waals surface area contributed by atoms with Gasteiger partial charge in [-0.1, -0.05) is 30.3 Å². The second kappa shape index (κ2) is 4.24. The van der Waals surface area contributed by atoms with Crippen LogP contribution >= 0.6 is 0 Å². The molecule has 1 aliphatic heterocycles. The van der Waals surface area contributed by atoms with Crippen LogP contribution in [0.3, 0.4) is 0 Å². The maximum absolute atomic E-state index is 13.5. The first-order valence-corrected chi connectivity index (χ1v) is 4.81. The van der Waals surface area contributed by atoms with Gasteiger partial charge >= 0.3 is 0 Å². The normalized spacial score (nSPS) is 17.5. The molecule has 0 aromatic heterocycles. The molecule has 0 N–H and O–H groups in total. The first-order valence-electron chi connectivity index (χ1n) is 4.81. The van der Waals surface area contributed by atoms with Gasteiger partial charge in [0.2, 0.25) is 0 Å². The Morgan fingerprint density at radius 2 is 1.93 bits per heavy atom. The average molecular weight is 214 g/mol. The first kappa shape index (κ1) is 10.5. The molecule has 0 aliphatic carbocycles. The Balaban J connectivity index is 1.93. The fourth-order valence-corrected chi connectivity index (χ4v) is 1.30. The molecular formula is C11H12F2O2. The SMILES string of the molecule is FC(F)(COC1COC1)c1ccccc1. The molecule has 0 amide bonds. The minimum absolute atomic E-state index is 0.00904. The van der Waals surface area contributed by atoms with Crippen molar-refractivity contribution in [1.82, 2.24) is 0 Å². The van der Waals surface area contributed by atoms with Crippen LogP contribution in [0, 0.1) is 0 Å². The summed E-state index contributed by atoms with van der Waals surface area (Å²) < 4.78 is 36.9. The highest BCUT2D eigenvalue weighted by molar-refractivity contribution is 5.19. The number of rotatable bonds is 4. The maximum Gasteiger partial charge on any atom is 0.296 e. The molecule has 1 heterocycles. The number of hydrogen-bond acceptors (Lipinski definition) is 2. The largest absolute Gasteiger partial charge is 0.376 e. The topological polar surface area (TPSA) is 18.5 Å². The molecule has 0 bridgehead atoms. The van der Waals surface area contributed by atoms with Crippen molar-refractivity contribution in [3.63, 3.8) is 0 Å². The van der Waals surface area contributed by atoms with Crippen molar-refractivity contribution in [2.45, 2.75) is 12.0 Å². The molecule has 1 fully saturated rings. The molecule has 4 heteroatoms. The fraction of sp³-hybridized carbons (Fsp3) is 0.455. The predicted molar refractivity (Wildman–Crippen MR) is 50.9 cm³/mol.